The van der Waals surface area contributed by atoms with Crippen LogP contribution in [0.5, 0.6) is 0 Å². The van der Waals surface area contributed by atoms with Crippen LogP contribution in [0.3, 0.4) is 0 Å². The fourth-order valence-corrected chi connectivity index (χ4v) is 2.44. The Bertz CT molecular complexity index is 278. The molecule has 2 amide bonds. The summed E-state index contributed by atoms with van der Waals surface area (Å²) in [5.41, 5.74) is 0. The van der Waals surface area contributed by atoms with Crippen LogP contribution < -0.4 is 5.32 Å². The lowest BCUT2D eigenvalue weighted by Gasteiger charge is -2.34. The molecule has 0 aromatic carbocycles. The summed E-state index contributed by atoms with van der Waals surface area (Å²) in [5, 5.41) is 2.84. The van der Waals surface area contributed by atoms with Crippen molar-refractivity contribution < 1.29 is 9.59 Å². The largest absolute Gasteiger partial charge is 0.343 e. The second-order valence-electron chi connectivity index (χ2n) is 4.39. The third-order valence-electron chi connectivity index (χ3n) is 3.30. The van der Waals surface area contributed by atoms with E-state index >= 15 is 0 Å². The summed E-state index contributed by atoms with van der Waals surface area (Å²) in [6.07, 6.45) is 4.63. The standard InChI is InChI=1S/C11H18N2O2/c1-2-3-5-8-11(15)13-7-4-6-9(13)10(14)12-8/h8-9H,2-7H2,1H3,(H,12,14)/t8-,9-/m0/s1. The van der Waals surface area contributed by atoms with Crippen molar-refractivity contribution >= 4 is 11.8 Å². The Hall–Kier alpha value is -1.06. The maximum Gasteiger partial charge on any atom is 0.245 e. The number of rotatable bonds is 3. The van der Waals surface area contributed by atoms with Crippen molar-refractivity contribution in [1.29, 1.82) is 0 Å². The Morgan fingerprint density at radius 2 is 2.27 bits per heavy atom. The van der Waals surface area contributed by atoms with Gasteiger partial charge in [-0.05, 0) is 19.3 Å². The quantitative estimate of drug-likeness (QED) is 0.744. The van der Waals surface area contributed by atoms with Gasteiger partial charge in [-0.25, -0.2) is 0 Å². The molecule has 4 nitrogen and oxygen atoms in total. The zero-order valence-corrected chi connectivity index (χ0v) is 9.16. The first kappa shape index (κ1) is 10.5. The van der Waals surface area contributed by atoms with E-state index in [-0.39, 0.29) is 23.9 Å². The van der Waals surface area contributed by atoms with E-state index in [1.165, 1.54) is 0 Å². The van der Waals surface area contributed by atoms with Gasteiger partial charge in [0.1, 0.15) is 12.1 Å². The van der Waals surface area contributed by atoms with Crippen molar-refractivity contribution in [3.63, 3.8) is 0 Å². The molecule has 0 spiro atoms. The highest BCUT2D eigenvalue weighted by Gasteiger charge is 2.42. The molecule has 2 aliphatic heterocycles. The van der Waals surface area contributed by atoms with Gasteiger partial charge in [-0.1, -0.05) is 19.8 Å². The van der Waals surface area contributed by atoms with Gasteiger partial charge in [-0.15, -0.1) is 0 Å². The minimum atomic E-state index is -0.258. The molecule has 0 bridgehead atoms. The molecule has 4 heteroatoms. The number of amides is 2. The van der Waals surface area contributed by atoms with E-state index in [0.29, 0.717) is 0 Å². The third-order valence-corrected chi connectivity index (χ3v) is 3.30. The Labute approximate surface area is 90.0 Å². The van der Waals surface area contributed by atoms with Gasteiger partial charge in [-0.2, -0.15) is 0 Å². The summed E-state index contributed by atoms with van der Waals surface area (Å²) in [7, 11) is 0. The molecule has 84 valence electrons. The zero-order valence-electron chi connectivity index (χ0n) is 9.16. The molecule has 2 fully saturated rings. The Balaban J connectivity index is 2.03. The van der Waals surface area contributed by atoms with Gasteiger partial charge in [-0.3, -0.25) is 9.59 Å². The fourth-order valence-electron chi connectivity index (χ4n) is 2.44. The molecule has 0 unspecified atom stereocenters. The van der Waals surface area contributed by atoms with Gasteiger partial charge in [0.25, 0.3) is 0 Å². The molecular formula is C11H18N2O2. The monoisotopic (exact) mass is 210 g/mol. The lowest BCUT2D eigenvalue weighted by Crippen LogP contribution is -2.60. The van der Waals surface area contributed by atoms with Crippen LogP contribution in [0.15, 0.2) is 0 Å². The van der Waals surface area contributed by atoms with Gasteiger partial charge in [0, 0.05) is 6.54 Å². The highest BCUT2D eigenvalue weighted by atomic mass is 16.2. The number of nitrogens with one attached hydrogen (secondary N) is 1. The number of carbonyl (C=O) groups excluding carboxylic acids is 2. The fraction of sp³-hybridized carbons (Fsp3) is 0.818. The van der Waals surface area contributed by atoms with Crippen molar-refractivity contribution in [3.8, 4) is 0 Å². The number of hydrogen-bond donors (Lipinski definition) is 1. The number of unbranched alkanes of at least 4 members (excludes halogenated alkanes) is 1. The van der Waals surface area contributed by atoms with E-state index in [4.69, 9.17) is 0 Å². The second kappa shape index (κ2) is 4.21. The first-order chi connectivity index (χ1) is 7.24. The summed E-state index contributed by atoms with van der Waals surface area (Å²) in [5.74, 6) is 0.179. The Morgan fingerprint density at radius 3 is 3.00 bits per heavy atom. The minimum absolute atomic E-state index is 0.0493. The molecule has 2 rings (SSSR count). The Morgan fingerprint density at radius 1 is 1.47 bits per heavy atom. The number of piperazine rings is 1. The average molecular weight is 210 g/mol. The Kier molecular flexibility index (Phi) is 2.93. The van der Waals surface area contributed by atoms with Gasteiger partial charge >= 0.3 is 0 Å². The van der Waals surface area contributed by atoms with E-state index < -0.39 is 0 Å². The van der Waals surface area contributed by atoms with E-state index in [1.807, 2.05) is 0 Å². The molecule has 0 aliphatic carbocycles. The van der Waals surface area contributed by atoms with Crippen LogP contribution in [-0.2, 0) is 9.59 Å². The normalized spacial score (nSPS) is 30.3. The third kappa shape index (κ3) is 1.85. The summed E-state index contributed by atoms with van der Waals surface area (Å²) >= 11 is 0. The van der Waals surface area contributed by atoms with Crippen LogP contribution in [0.2, 0.25) is 0 Å². The van der Waals surface area contributed by atoms with Gasteiger partial charge in [0.15, 0.2) is 0 Å². The van der Waals surface area contributed by atoms with Crippen molar-refractivity contribution in [2.75, 3.05) is 6.54 Å². The summed E-state index contributed by atoms with van der Waals surface area (Å²) < 4.78 is 0. The highest BCUT2D eigenvalue weighted by Crippen LogP contribution is 2.23. The average Bonchev–Trinajstić information content (AvgIpc) is 2.70. The molecule has 0 aromatic heterocycles. The van der Waals surface area contributed by atoms with Crippen LogP contribution in [0.4, 0.5) is 0 Å². The van der Waals surface area contributed by atoms with E-state index in [0.717, 1.165) is 38.6 Å². The maximum atomic E-state index is 12.0. The molecule has 2 aliphatic rings. The lowest BCUT2D eigenvalue weighted by molar-refractivity contribution is -0.147. The second-order valence-corrected chi connectivity index (χ2v) is 4.39. The predicted molar refractivity (Wildman–Crippen MR) is 56.2 cm³/mol. The maximum absolute atomic E-state index is 12.0. The molecule has 2 saturated heterocycles. The molecule has 15 heavy (non-hydrogen) atoms. The SMILES string of the molecule is CCCC[C@@H]1NC(=O)[C@@H]2CCCN2C1=O. The molecular weight excluding hydrogens is 192 g/mol. The number of fused-ring (bicyclic) bond motifs is 1. The first-order valence-electron chi connectivity index (χ1n) is 5.85. The zero-order chi connectivity index (χ0) is 10.8. The highest BCUT2D eigenvalue weighted by molar-refractivity contribution is 5.97. The molecule has 2 heterocycles. The lowest BCUT2D eigenvalue weighted by atomic mass is 10.0. The summed E-state index contributed by atoms with van der Waals surface area (Å²) in [6, 6.07) is -0.429. The smallest absolute Gasteiger partial charge is 0.245 e. The molecule has 0 saturated carbocycles. The van der Waals surface area contributed by atoms with Crippen molar-refractivity contribution in [1.82, 2.24) is 10.2 Å². The van der Waals surface area contributed by atoms with Gasteiger partial charge in [0.05, 0.1) is 0 Å². The van der Waals surface area contributed by atoms with Crippen molar-refractivity contribution in [3.05, 3.63) is 0 Å². The summed E-state index contributed by atoms with van der Waals surface area (Å²) in [4.78, 5) is 25.4. The van der Waals surface area contributed by atoms with E-state index in [9.17, 15) is 9.59 Å². The van der Waals surface area contributed by atoms with Crippen LogP contribution in [-0.4, -0.2) is 35.3 Å². The van der Waals surface area contributed by atoms with Crippen LogP contribution >= 0.6 is 0 Å². The van der Waals surface area contributed by atoms with Gasteiger partial charge < -0.3 is 10.2 Å². The number of carbonyl (C=O) groups is 2. The molecule has 0 aromatic rings. The predicted octanol–water partition coefficient (Wildman–Crippen LogP) is 0.666. The first-order valence-corrected chi connectivity index (χ1v) is 5.85. The summed E-state index contributed by atoms with van der Waals surface area (Å²) in [6.45, 7) is 2.85. The molecule has 1 N–H and O–H groups in total. The van der Waals surface area contributed by atoms with E-state index in [1.54, 1.807) is 4.90 Å². The number of hydrogen-bond acceptors (Lipinski definition) is 2. The van der Waals surface area contributed by atoms with Crippen molar-refractivity contribution in [2.24, 2.45) is 0 Å². The van der Waals surface area contributed by atoms with Gasteiger partial charge in [0.2, 0.25) is 11.8 Å². The topological polar surface area (TPSA) is 49.4 Å². The van der Waals surface area contributed by atoms with Crippen LogP contribution in [0, 0.1) is 0 Å². The van der Waals surface area contributed by atoms with E-state index in [2.05, 4.69) is 12.2 Å². The molecule has 2 atom stereocenters. The minimum Gasteiger partial charge on any atom is -0.343 e. The van der Waals surface area contributed by atoms with Crippen LogP contribution in [0.25, 0.3) is 0 Å². The molecule has 0 radical (unpaired) electrons. The number of nitrogens with zero attached hydrogens (tertiary/aromatic N) is 1. The van der Waals surface area contributed by atoms with Crippen LogP contribution in [0.1, 0.15) is 39.0 Å². The van der Waals surface area contributed by atoms with Crippen molar-refractivity contribution in [2.45, 2.75) is 51.1 Å².